The number of carboxylic acid groups (broad SMARTS) is 1. The lowest BCUT2D eigenvalue weighted by Crippen LogP contribution is -2.47. The molecule has 14 heavy (non-hydrogen) atoms. The highest BCUT2D eigenvalue weighted by molar-refractivity contribution is 7.99. The Labute approximate surface area is 97.0 Å². The van der Waals surface area contributed by atoms with Gasteiger partial charge in [-0.05, 0) is 0 Å². The molecule has 1 aliphatic rings. The van der Waals surface area contributed by atoms with Crippen LogP contribution in [0.15, 0.2) is 10.6 Å². The number of rotatable bonds is 3. The maximum Gasteiger partial charge on any atom is 0.321 e. The van der Waals surface area contributed by atoms with Gasteiger partial charge in [0.1, 0.15) is 6.04 Å². The van der Waals surface area contributed by atoms with Crippen molar-refractivity contribution in [1.82, 2.24) is 4.90 Å². The molecule has 1 aliphatic heterocycles. The molecule has 1 heterocycles. The van der Waals surface area contributed by atoms with Crippen LogP contribution < -0.4 is 0 Å². The molecule has 1 fully saturated rings. The molecular weight excluding hydrogens is 245 g/mol. The van der Waals surface area contributed by atoms with Crippen molar-refractivity contribution >= 4 is 40.9 Å². The van der Waals surface area contributed by atoms with E-state index in [1.54, 1.807) is 11.8 Å². The first-order valence-corrected chi connectivity index (χ1v) is 6.11. The van der Waals surface area contributed by atoms with Crippen molar-refractivity contribution in [2.24, 2.45) is 0 Å². The van der Waals surface area contributed by atoms with E-state index >= 15 is 0 Å². The van der Waals surface area contributed by atoms with E-state index in [1.165, 1.54) is 5.54 Å². The average Bonchev–Trinajstić information content (AvgIpc) is 2.18. The van der Waals surface area contributed by atoms with Gasteiger partial charge in [-0.15, -0.1) is 0 Å². The summed E-state index contributed by atoms with van der Waals surface area (Å²) in [6.07, 6.45) is 0. The minimum absolute atomic E-state index is 0.419. The van der Waals surface area contributed by atoms with E-state index < -0.39 is 12.0 Å². The summed E-state index contributed by atoms with van der Waals surface area (Å²) in [5.74, 6) is 0.758. The topological polar surface area (TPSA) is 40.5 Å². The highest BCUT2D eigenvalue weighted by Gasteiger charge is 2.28. The molecule has 0 bridgehead atoms. The smallest absolute Gasteiger partial charge is 0.321 e. The first kappa shape index (κ1) is 12.2. The molecule has 1 rings (SSSR count). The Hall–Kier alpha value is 0.1000. The van der Waals surface area contributed by atoms with Crippen LogP contribution in [0.1, 0.15) is 0 Å². The van der Waals surface area contributed by atoms with Crippen LogP contribution in [0, 0.1) is 0 Å². The highest BCUT2D eigenvalue weighted by Crippen LogP contribution is 2.19. The van der Waals surface area contributed by atoms with Crippen LogP contribution in [0.2, 0.25) is 0 Å². The zero-order valence-electron chi connectivity index (χ0n) is 7.45. The normalized spacial score (nSPS) is 25.0. The number of thioether (sulfide) groups is 1. The van der Waals surface area contributed by atoms with Crippen molar-refractivity contribution < 1.29 is 9.90 Å². The molecule has 0 aromatic carbocycles. The van der Waals surface area contributed by atoms with E-state index in [4.69, 9.17) is 28.3 Å². The van der Waals surface area contributed by atoms with Crippen molar-refractivity contribution in [2.75, 3.05) is 24.6 Å². The van der Waals surface area contributed by atoms with Gasteiger partial charge in [-0.1, -0.05) is 23.2 Å². The Morgan fingerprint density at radius 3 is 3.00 bits per heavy atom. The van der Waals surface area contributed by atoms with Gasteiger partial charge in [0.15, 0.2) is 0 Å². The lowest BCUT2D eigenvalue weighted by molar-refractivity contribution is -0.142. The van der Waals surface area contributed by atoms with Gasteiger partial charge in [0.25, 0.3) is 0 Å². The zero-order chi connectivity index (χ0) is 10.6. The third-order valence-corrected chi connectivity index (χ3v) is 3.62. The molecule has 0 amide bonds. The summed E-state index contributed by atoms with van der Waals surface area (Å²) in [5.41, 5.74) is 1.28. The molecule has 0 saturated carbocycles. The summed E-state index contributed by atoms with van der Waals surface area (Å²) in [5, 5.41) is 9.42. The number of nitrogens with zero attached hydrogens (tertiary/aromatic N) is 1. The summed E-state index contributed by atoms with van der Waals surface area (Å²) in [7, 11) is 0. The average molecular weight is 256 g/mol. The van der Waals surface area contributed by atoms with E-state index in [-0.39, 0.29) is 0 Å². The van der Waals surface area contributed by atoms with Crippen molar-refractivity contribution in [3.05, 3.63) is 10.6 Å². The van der Waals surface area contributed by atoms with E-state index in [9.17, 15) is 4.79 Å². The highest BCUT2D eigenvalue weighted by atomic mass is 35.5. The van der Waals surface area contributed by atoms with Crippen LogP contribution in [-0.2, 0) is 4.79 Å². The fraction of sp³-hybridized carbons (Fsp3) is 0.625. The maximum absolute atomic E-state index is 10.9. The molecular formula is C8H11Cl2NO2S. The van der Waals surface area contributed by atoms with Crippen LogP contribution in [0.3, 0.4) is 0 Å². The second-order valence-corrected chi connectivity index (χ2v) is 4.81. The lowest BCUT2D eigenvalue weighted by atomic mass is 10.2. The first-order valence-electron chi connectivity index (χ1n) is 4.14. The number of carboxylic acids is 1. The van der Waals surface area contributed by atoms with Gasteiger partial charge in [-0.3, -0.25) is 9.69 Å². The van der Waals surface area contributed by atoms with Gasteiger partial charge >= 0.3 is 5.97 Å². The Kier molecular flexibility index (Phi) is 5.09. The van der Waals surface area contributed by atoms with Crippen molar-refractivity contribution in [1.29, 1.82) is 0 Å². The Bertz CT molecular complexity index is 247. The predicted molar refractivity (Wildman–Crippen MR) is 60.1 cm³/mol. The quantitative estimate of drug-likeness (QED) is 0.836. The Morgan fingerprint density at radius 1 is 1.71 bits per heavy atom. The maximum atomic E-state index is 10.9. The van der Waals surface area contributed by atoms with Gasteiger partial charge < -0.3 is 5.11 Å². The fourth-order valence-electron chi connectivity index (χ4n) is 1.28. The molecule has 1 unspecified atom stereocenters. The van der Waals surface area contributed by atoms with E-state index in [2.05, 4.69) is 0 Å². The number of halogens is 2. The molecule has 3 nitrogen and oxygen atoms in total. The number of carbonyl (C=O) groups is 1. The summed E-state index contributed by atoms with van der Waals surface area (Å²) in [6.45, 7) is 1.16. The summed E-state index contributed by atoms with van der Waals surface area (Å²) < 4.78 is 0. The van der Waals surface area contributed by atoms with Crippen molar-refractivity contribution in [3.8, 4) is 0 Å². The van der Waals surface area contributed by atoms with Gasteiger partial charge in [0, 0.05) is 35.2 Å². The fourth-order valence-corrected chi connectivity index (χ4v) is 2.61. The number of hydrogen-bond acceptors (Lipinski definition) is 3. The van der Waals surface area contributed by atoms with Crippen LogP contribution in [0.25, 0.3) is 0 Å². The SMILES string of the molecule is O=C(O)C1CSCCN1C/C(Cl)=C/Cl. The molecule has 1 atom stereocenters. The van der Waals surface area contributed by atoms with Crippen molar-refractivity contribution in [2.45, 2.75) is 6.04 Å². The molecule has 80 valence electrons. The minimum Gasteiger partial charge on any atom is -0.480 e. The van der Waals surface area contributed by atoms with Crippen molar-refractivity contribution in [3.63, 3.8) is 0 Å². The summed E-state index contributed by atoms with van der Waals surface area (Å²) in [4.78, 5) is 12.7. The van der Waals surface area contributed by atoms with Gasteiger partial charge in [0.2, 0.25) is 0 Å². The van der Waals surface area contributed by atoms with E-state index in [0.29, 0.717) is 17.3 Å². The largest absolute Gasteiger partial charge is 0.480 e. The molecule has 0 aliphatic carbocycles. The predicted octanol–water partition coefficient (Wildman–Crippen LogP) is 1.81. The standard InChI is InChI=1S/C8H11Cl2NO2S/c9-3-6(10)4-11-1-2-14-5-7(11)8(12)13/h3,7H,1-2,4-5H2,(H,12,13)/b6-3-. The second-order valence-electron chi connectivity index (χ2n) is 2.96. The zero-order valence-corrected chi connectivity index (χ0v) is 9.78. The number of hydrogen-bond donors (Lipinski definition) is 1. The Balaban J connectivity index is 2.58. The van der Waals surface area contributed by atoms with Gasteiger partial charge in [0.05, 0.1) is 0 Å². The molecule has 6 heteroatoms. The minimum atomic E-state index is -0.795. The van der Waals surface area contributed by atoms with Crippen LogP contribution in [-0.4, -0.2) is 46.6 Å². The van der Waals surface area contributed by atoms with E-state index in [0.717, 1.165) is 12.3 Å². The van der Waals surface area contributed by atoms with Gasteiger partial charge in [-0.25, -0.2) is 0 Å². The molecule has 0 spiro atoms. The summed E-state index contributed by atoms with van der Waals surface area (Å²) in [6, 6.07) is -0.445. The molecule has 1 N–H and O–H groups in total. The molecule has 0 aromatic heterocycles. The number of aliphatic carboxylic acids is 1. The van der Waals surface area contributed by atoms with Crippen LogP contribution in [0.5, 0.6) is 0 Å². The molecule has 0 radical (unpaired) electrons. The van der Waals surface area contributed by atoms with Crippen LogP contribution >= 0.6 is 35.0 Å². The second kappa shape index (κ2) is 5.85. The first-order chi connectivity index (χ1) is 6.65. The third-order valence-electron chi connectivity index (χ3n) is 2.00. The Morgan fingerprint density at radius 2 is 2.43 bits per heavy atom. The third kappa shape index (κ3) is 3.35. The van der Waals surface area contributed by atoms with Crippen LogP contribution in [0.4, 0.5) is 0 Å². The lowest BCUT2D eigenvalue weighted by Gasteiger charge is -2.32. The van der Waals surface area contributed by atoms with E-state index in [1.807, 2.05) is 4.90 Å². The monoisotopic (exact) mass is 255 g/mol. The molecule has 1 saturated heterocycles. The van der Waals surface area contributed by atoms with Gasteiger partial charge in [-0.2, -0.15) is 11.8 Å². The molecule has 0 aromatic rings. The summed E-state index contributed by atoms with van der Waals surface area (Å²) >= 11 is 12.8.